The van der Waals surface area contributed by atoms with Gasteiger partial charge in [-0.2, -0.15) is 0 Å². The zero-order valence-corrected chi connectivity index (χ0v) is 17.8. The number of likely N-dealkylation sites (tertiary alicyclic amines) is 1. The van der Waals surface area contributed by atoms with Crippen molar-refractivity contribution in [1.82, 2.24) is 4.90 Å². The number of carboxylic acids is 1. The van der Waals surface area contributed by atoms with E-state index in [0.717, 1.165) is 41.8 Å². The highest BCUT2D eigenvalue weighted by molar-refractivity contribution is 6.13. The quantitative estimate of drug-likeness (QED) is 0.415. The van der Waals surface area contributed by atoms with E-state index in [-0.39, 0.29) is 18.3 Å². The van der Waals surface area contributed by atoms with Gasteiger partial charge >= 0.3 is 5.97 Å². The second-order valence-corrected chi connectivity index (χ2v) is 7.44. The highest BCUT2D eigenvalue weighted by Gasteiger charge is 2.25. The number of aryl methyl sites for hydroxylation is 2. The summed E-state index contributed by atoms with van der Waals surface area (Å²) in [6.45, 7) is 6.76. The van der Waals surface area contributed by atoms with Gasteiger partial charge in [0.15, 0.2) is 0 Å². The lowest BCUT2D eigenvalue weighted by atomic mass is 9.97. The first kappa shape index (κ1) is 22.9. The molecule has 0 radical (unpaired) electrons. The third-order valence-corrected chi connectivity index (χ3v) is 5.20. The summed E-state index contributed by atoms with van der Waals surface area (Å²) >= 11 is 0. The number of nitrogens with zero attached hydrogens (tertiary/aromatic N) is 2. The second kappa shape index (κ2) is 11.0. The van der Waals surface area contributed by atoms with Gasteiger partial charge in [-0.05, 0) is 44.9 Å². The van der Waals surface area contributed by atoms with Gasteiger partial charge in [0.25, 0.3) is 0 Å². The van der Waals surface area contributed by atoms with Crippen LogP contribution >= 0.6 is 12.4 Å². The zero-order valence-electron chi connectivity index (χ0n) is 17.0. The Morgan fingerprint density at radius 2 is 2.00 bits per heavy atom. The molecule has 0 amide bonds. The Morgan fingerprint density at radius 1 is 1.21 bits per heavy atom. The molecule has 1 aliphatic rings. The predicted octanol–water partition coefficient (Wildman–Crippen LogP) is 4.29. The summed E-state index contributed by atoms with van der Waals surface area (Å²) in [5.74, 6) is -0.975. The van der Waals surface area contributed by atoms with Gasteiger partial charge in [0.05, 0.1) is 5.92 Å². The molecule has 0 saturated carbocycles. The lowest BCUT2D eigenvalue weighted by Gasteiger charge is -2.30. The van der Waals surface area contributed by atoms with E-state index < -0.39 is 5.97 Å². The molecule has 5 nitrogen and oxygen atoms in total. The lowest BCUT2D eigenvalue weighted by molar-refractivity contribution is -0.143. The van der Waals surface area contributed by atoms with Crippen LogP contribution in [0, 0.1) is 19.8 Å². The lowest BCUT2D eigenvalue weighted by Crippen LogP contribution is -2.40. The van der Waals surface area contributed by atoms with Crippen LogP contribution in [-0.4, -0.2) is 47.9 Å². The third kappa shape index (κ3) is 6.31. The molecule has 156 valence electrons. The molecule has 1 atom stereocenters. The highest BCUT2D eigenvalue weighted by atomic mass is 35.5. The molecule has 0 aliphatic carbocycles. The molecule has 6 heteroatoms. The summed E-state index contributed by atoms with van der Waals surface area (Å²) in [6, 6.07) is 16.4. The first-order valence-corrected chi connectivity index (χ1v) is 9.83. The van der Waals surface area contributed by atoms with Crippen molar-refractivity contribution in [1.29, 1.82) is 0 Å². The minimum absolute atomic E-state index is 0. The van der Waals surface area contributed by atoms with Gasteiger partial charge < -0.3 is 9.94 Å². The summed E-state index contributed by atoms with van der Waals surface area (Å²) in [5.41, 5.74) is 5.22. The van der Waals surface area contributed by atoms with Crippen LogP contribution in [-0.2, 0) is 9.63 Å². The van der Waals surface area contributed by atoms with E-state index in [1.807, 2.05) is 24.3 Å². The number of carboxylic acid groups (broad SMARTS) is 1. The molecule has 2 aromatic rings. The summed E-state index contributed by atoms with van der Waals surface area (Å²) < 4.78 is 0. The maximum absolute atomic E-state index is 11.2. The summed E-state index contributed by atoms with van der Waals surface area (Å²) in [4.78, 5) is 19.1. The molecule has 1 aliphatic heterocycles. The Hall–Kier alpha value is -2.37. The molecule has 1 heterocycles. The van der Waals surface area contributed by atoms with Gasteiger partial charge in [-0.1, -0.05) is 53.2 Å². The number of hydrogen-bond acceptors (Lipinski definition) is 4. The Kier molecular flexibility index (Phi) is 8.68. The molecule has 3 rings (SSSR count). The van der Waals surface area contributed by atoms with Crippen molar-refractivity contribution in [3.63, 3.8) is 0 Å². The van der Waals surface area contributed by atoms with Gasteiger partial charge in [-0.25, -0.2) is 0 Å². The molecule has 0 aromatic heterocycles. The Bertz CT molecular complexity index is 854. The van der Waals surface area contributed by atoms with Crippen LogP contribution in [0.3, 0.4) is 0 Å². The minimum Gasteiger partial charge on any atom is -0.481 e. The maximum Gasteiger partial charge on any atom is 0.307 e. The average Bonchev–Trinajstić information content (AvgIpc) is 2.69. The van der Waals surface area contributed by atoms with E-state index in [2.05, 4.69) is 48.2 Å². The summed E-state index contributed by atoms with van der Waals surface area (Å²) in [7, 11) is 0. The number of oxime groups is 1. The van der Waals surface area contributed by atoms with E-state index in [9.17, 15) is 9.90 Å². The fraction of sp³-hybridized carbons (Fsp3) is 0.391. The normalized spacial score (nSPS) is 17.4. The van der Waals surface area contributed by atoms with Crippen molar-refractivity contribution in [2.24, 2.45) is 11.1 Å². The second-order valence-electron chi connectivity index (χ2n) is 7.44. The molecule has 1 N–H and O–H groups in total. The average molecular weight is 417 g/mol. The van der Waals surface area contributed by atoms with Crippen molar-refractivity contribution in [3.8, 4) is 0 Å². The fourth-order valence-corrected chi connectivity index (χ4v) is 3.63. The number of piperidine rings is 1. The molecule has 1 saturated heterocycles. The van der Waals surface area contributed by atoms with Crippen LogP contribution in [0.25, 0.3) is 0 Å². The molecule has 0 bridgehead atoms. The van der Waals surface area contributed by atoms with Gasteiger partial charge in [0.2, 0.25) is 0 Å². The zero-order chi connectivity index (χ0) is 19.9. The van der Waals surface area contributed by atoms with Crippen LogP contribution in [0.1, 0.15) is 35.1 Å². The van der Waals surface area contributed by atoms with E-state index in [1.54, 1.807) is 0 Å². The van der Waals surface area contributed by atoms with Crippen molar-refractivity contribution < 1.29 is 14.7 Å². The van der Waals surface area contributed by atoms with Crippen molar-refractivity contribution in [2.75, 3.05) is 26.2 Å². The summed E-state index contributed by atoms with van der Waals surface area (Å²) in [5, 5.41) is 13.7. The van der Waals surface area contributed by atoms with Crippen LogP contribution in [0.2, 0.25) is 0 Å². The topological polar surface area (TPSA) is 62.1 Å². The Labute approximate surface area is 178 Å². The minimum atomic E-state index is -0.704. The van der Waals surface area contributed by atoms with E-state index in [4.69, 9.17) is 4.84 Å². The molecular weight excluding hydrogens is 388 g/mol. The van der Waals surface area contributed by atoms with Crippen molar-refractivity contribution in [2.45, 2.75) is 26.7 Å². The van der Waals surface area contributed by atoms with Gasteiger partial charge in [-0.3, -0.25) is 9.69 Å². The Balaban J connectivity index is 0.00000300. The Morgan fingerprint density at radius 3 is 2.72 bits per heavy atom. The number of benzene rings is 2. The molecule has 0 spiro atoms. The van der Waals surface area contributed by atoms with Crippen LogP contribution in [0.5, 0.6) is 0 Å². The summed E-state index contributed by atoms with van der Waals surface area (Å²) in [6.07, 6.45) is 1.67. The van der Waals surface area contributed by atoms with Crippen molar-refractivity contribution in [3.05, 3.63) is 70.8 Å². The number of carbonyl (C=O) groups is 1. The maximum atomic E-state index is 11.2. The van der Waals surface area contributed by atoms with E-state index >= 15 is 0 Å². The molecule has 29 heavy (non-hydrogen) atoms. The van der Waals surface area contributed by atoms with Crippen LogP contribution in [0.15, 0.2) is 53.7 Å². The van der Waals surface area contributed by atoms with Gasteiger partial charge in [-0.15, -0.1) is 12.4 Å². The molecule has 1 fully saturated rings. The predicted molar refractivity (Wildman–Crippen MR) is 118 cm³/mol. The number of aliphatic carboxylic acids is 1. The van der Waals surface area contributed by atoms with Crippen LogP contribution < -0.4 is 0 Å². The first-order chi connectivity index (χ1) is 13.5. The highest BCUT2D eigenvalue weighted by Crippen LogP contribution is 2.18. The van der Waals surface area contributed by atoms with Gasteiger partial charge in [0.1, 0.15) is 12.3 Å². The molecular formula is C23H29ClN2O3. The molecule has 2 aromatic carbocycles. The number of rotatable bonds is 7. The third-order valence-electron chi connectivity index (χ3n) is 5.20. The molecule has 1 unspecified atom stereocenters. The van der Waals surface area contributed by atoms with Crippen molar-refractivity contribution >= 4 is 24.1 Å². The van der Waals surface area contributed by atoms with Crippen LogP contribution in [0.4, 0.5) is 0 Å². The fourth-order valence-electron chi connectivity index (χ4n) is 3.63. The monoisotopic (exact) mass is 416 g/mol. The number of halogens is 1. The van der Waals surface area contributed by atoms with E-state index in [0.29, 0.717) is 19.7 Å². The van der Waals surface area contributed by atoms with Gasteiger partial charge in [0, 0.05) is 24.2 Å². The standard InChI is InChI=1S/C23H28N2O3.ClH/c1-17-7-5-9-19(15-17)22(21-11-4-3-8-18(21)2)24-28-14-13-25-12-6-10-20(16-25)23(26)27;/h3-5,7-9,11,15,20H,6,10,12-14,16H2,1-2H3,(H,26,27);1H. The van der Waals surface area contributed by atoms with E-state index in [1.165, 1.54) is 5.56 Å². The SMILES string of the molecule is Cc1cccc(C(=NOCCN2CCCC(C(=O)O)C2)c2ccccc2C)c1.Cl. The smallest absolute Gasteiger partial charge is 0.307 e. The number of hydrogen-bond donors (Lipinski definition) is 1. The first-order valence-electron chi connectivity index (χ1n) is 9.83. The largest absolute Gasteiger partial charge is 0.481 e.